The Morgan fingerprint density at radius 1 is 1.35 bits per heavy atom. The van der Waals surface area contributed by atoms with Crippen molar-refractivity contribution in [3.63, 3.8) is 0 Å². The van der Waals surface area contributed by atoms with Crippen LogP contribution in [0.1, 0.15) is 30.2 Å². The molecule has 0 fully saturated rings. The fourth-order valence-corrected chi connectivity index (χ4v) is 2.39. The lowest BCUT2D eigenvalue weighted by atomic mass is 10.2. The zero-order chi connectivity index (χ0) is 16.4. The summed E-state index contributed by atoms with van der Waals surface area (Å²) in [6.45, 7) is 4.10. The minimum absolute atomic E-state index is 0.196. The Bertz CT molecular complexity index is 788. The third kappa shape index (κ3) is 3.36. The Morgan fingerprint density at radius 3 is 2.83 bits per heavy atom. The van der Waals surface area contributed by atoms with Gasteiger partial charge in [-0.15, -0.1) is 0 Å². The van der Waals surface area contributed by atoms with Crippen molar-refractivity contribution in [3.05, 3.63) is 53.6 Å². The van der Waals surface area contributed by atoms with E-state index in [1.807, 2.05) is 50.2 Å². The van der Waals surface area contributed by atoms with Crippen molar-refractivity contribution in [1.82, 2.24) is 15.4 Å². The Kier molecular flexibility index (Phi) is 4.06. The third-order valence-corrected chi connectivity index (χ3v) is 3.63. The normalized spacial score (nSPS) is 12.3. The van der Waals surface area contributed by atoms with Crippen LogP contribution < -0.4 is 5.32 Å². The lowest BCUT2D eigenvalue weighted by Gasteiger charge is -2.19. The second kappa shape index (κ2) is 6.16. The molecule has 0 spiro atoms. The molecule has 120 valence electrons. The van der Waals surface area contributed by atoms with E-state index in [9.17, 15) is 4.79 Å². The molecular weight excluding hydrogens is 294 g/mol. The number of rotatable bonds is 4. The largest absolute Gasteiger partial charge is 0.459 e. The lowest BCUT2D eigenvalue weighted by molar-refractivity contribution is 0.201. The number of urea groups is 1. The topological polar surface area (TPSA) is 71.5 Å². The van der Waals surface area contributed by atoms with Gasteiger partial charge in [-0.25, -0.2) is 4.79 Å². The van der Waals surface area contributed by atoms with Gasteiger partial charge in [0.25, 0.3) is 0 Å². The molecule has 0 aliphatic carbocycles. The van der Waals surface area contributed by atoms with Gasteiger partial charge in [0, 0.05) is 18.5 Å². The van der Waals surface area contributed by atoms with Gasteiger partial charge >= 0.3 is 6.03 Å². The number of nitrogens with one attached hydrogen (secondary N) is 1. The minimum Gasteiger partial charge on any atom is -0.459 e. The molecule has 3 rings (SSSR count). The van der Waals surface area contributed by atoms with Crippen LogP contribution in [-0.4, -0.2) is 23.1 Å². The smallest absolute Gasteiger partial charge is 0.318 e. The molecule has 23 heavy (non-hydrogen) atoms. The second-order valence-electron chi connectivity index (χ2n) is 5.64. The molecular formula is C17H19N3O3. The molecule has 0 radical (unpaired) electrons. The molecule has 2 amide bonds. The first-order valence-corrected chi connectivity index (χ1v) is 7.45. The number of fused-ring (bicyclic) bond motifs is 1. The summed E-state index contributed by atoms with van der Waals surface area (Å²) in [5.41, 5.74) is 1.53. The number of furan rings is 1. The SMILES string of the molecule is Cc1cc(CN(C)C(=O)NC(C)c2cc3ccccc3o2)no1. The molecule has 0 saturated heterocycles. The zero-order valence-electron chi connectivity index (χ0n) is 13.4. The summed E-state index contributed by atoms with van der Waals surface area (Å²) in [6.07, 6.45) is 0. The molecule has 0 aliphatic heterocycles. The van der Waals surface area contributed by atoms with E-state index in [2.05, 4.69) is 10.5 Å². The summed E-state index contributed by atoms with van der Waals surface area (Å²) in [6, 6.07) is 11.1. The zero-order valence-corrected chi connectivity index (χ0v) is 13.4. The minimum atomic E-state index is -0.226. The number of hydrogen-bond acceptors (Lipinski definition) is 4. The molecule has 2 heterocycles. The van der Waals surface area contributed by atoms with Gasteiger partial charge in [-0.1, -0.05) is 23.4 Å². The number of nitrogens with zero attached hydrogens (tertiary/aromatic N) is 2. The quantitative estimate of drug-likeness (QED) is 0.798. The molecule has 1 N–H and O–H groups in total. The number of aromatic nitrogens is 1. The Hall–Kier alpha value is -2.76. The van der Waals surface area contributed by atoms with Crippen molar-refractivity contribution in [2.24, 2.45) is 0 Å². The van der Waals surface area contributed by atoms with Gasteiger partial charge < -0.3 is 19.2 Å². The molecule has 6 nitrogen and oxygen atoms in total. The molecule has 1 atom stereocenters. The van der Waals surface area contributed by atoms with Crippen LogP contribution in [0.3, 0.4) is 0 Å². The summed E-state index contributed by atoms with van der Waals surface area (Å²) in [7, 11) is 1.71. The number of amides is 2. The molecule has 0 bridgehead atoms. The monoisotopic (exact) mass is 313 g/mol. The van der Waals surface area contributed by atoms with E-state index in [0.717, 1.165) is 28.2 Å². The highest BCUT2D eigenvalue weighted by atomic mass is 16.5. The molecule has 1 aromatic carbocycles. The van der Waals surface area contributed by atoms with Crippen molar-refractivity contribution in [2.45, 2.75) is 26.4 Å². The summed E-state index contributed by atoms with van der Waals surface area (Å²) < 4.78 is 10.8. The maximum absolute atomic E-state index is 12.3. The maximum atomic E-state index is 12.3. The van der Waals surface area contributed by atoms with Crippen molar-refractivity contribution in [2.75, 3.05) is 7.05 Å². The molecule has 0 aliphatic rings. The fourth-order valence-electron chi connectivity index (χ4n) is 2.39. The maximum Gasteiger partial charge on any atom is 0.318 e. The van der Waals surface area contributed by atoms with E-state index in [1.165, 1.54) is 0 Å². The van der Waals surface area contributed by atoms with Gasteiger partial charge in [-0.3, -0.25) is 0 Å². The van der Waals surface area contributed by atoms with Crippen molar-refractivity contribution < 1.29 is 13.7 Å². The number of para-hydroxylation sites is 1. The second-order valence-corrected chi connectivity index (χ2v) is 5.64. The molecule has 3 aromatic rings. The first kappa shape index (κ1) is 15.1. The van der Waals surface area contributed by atoms with E-state index < -0.39 is 0 Å². The highest BCUT2D eigenvalue weighted by Gasteiger charge is 2.17. The van der Waals surface area contributed by atoms with Crippen LogP contribution in [0.5, 0.6) is 0 Å². The van der Waals surface area contributed by atoms with Crippen LogP contribution in [0.2, 0.25) is 0 Å². The van der Waals surface area contributed by atoms with Gasteiger partial charge in [-0.2, -0.15) is 0 Å². The predicted octanol–water partition coefficient (Wildman–Crippen LogP) is 3.63. The van der Waals surface area contributed by atoms with Crippen LogP contribution in [-0.2, 0) is 6.54 Å². The lowest BCUT2D eigenvalue weighted by Crippen LogP contribution is -2.38. The van der Waals surface area contributed by atoms with Crippen LogP contribution in [0.4, 0.5) is 4.79 Å². The van der Waals surface area contributed by atoms with Crippen molar-refractivity contribution in [3.8, 4) is 0 Å². The van der Waals surface area contributed by atoms with E-state index in [-0.39, 0.29) is 12.1 Å². The Labute approximate surface area is 134 Å². The van der Waals surface area contributed by atoms with E-state index in [4.69, 9.17) is 8.94 Å². The van der Waals surface area contributed by atoms with Gasteiger partial charge in [0.1, 0.15) is 22.8 Å². The fraction of sp³-hybridized carbons (Fsp3) is 0.294. The average molecular weight is 313 g/mol. The molecule has 6 heteroatoms. The van der Waals surface area contributed by atoms with Crippen LogP contribution in [0.15, 0.2) is 45.3 Å². The van der Waals surface area contributed by atoms with E-state index in [1.54, 1.807) is 11.9 Å². The van der Waals surface area contributed by atoms with Crippen LogP contribution in [0.25, 0.3) is 11.0 Å². The van der Waals surface area contributed by atoms with Crippen LogP contribution in [0, 0.1) is 6.92 Å². The van der Waals surface area contributed by atoms with Crippen molar-refractivity contribution >= 4 is 17.0 Å². The summed E-state index contributed by atoms with van der Waals surface area (Å²) in [5, 5.41) is 7.83. The van der Waals surface area contributed by atoms with Gasteiger partial charge in [-0.05, 0) is 26.0 Å². The Morgan fingerprint density at radius 2 is 2.13 bits per heavy atom. The summed E-state index contributed by atoms with van der Waals surface area (Å²) >= 11 is 0. The molecule has 2 aromatic heterocycles. The number of carbonyl (C=O) groups excluding carboxylic acids is 1. The number of aryl methyl sites for hydroxylation is 1. The number of carbonyl (C=O) groups is 1. The van der Waals surface area contributed by atoms with E-state index in [0.29, 0.717) is 6.54 Å². The Balaban J connectivity index is 1.64. The molecule has 1 unspecified atom stereocenters. The number of benzene rings is 1. The third-order valence-electron chi connectivity index (χ3n) is 3.63. The van der Waals surface area contributed by atoms with E-state index >= 15 is 0 Å². The standard InChI is InChI=1S/C17H19N3O3/c1-11-8-14(19-23-11)10-20(3)17(21)18-12(2)16-9-13-6-4-5-7-15(13)22-16/h4-9,12H,10H2,1-3H3,(H,18,21). The van der Waals surface area contributed by atoms with Gasteiger partial charge in [0.2, 0.25) is 0 Å². The van der Waals surface area contributed by atoms with Gasteiger partial charge in [0.05, 0.1) is 12.6 Å². The van der Waals surface area contributed by atoms with Crippen LogP contribution >= 0.6 is 0 Å². The highest BCUT2D eigenvalue weighted by molar-refractivity contribution is 5.78. The van der Waals surface area contributed by atoms with Gasteiger partial charge in [0.15, 0.2) is 0 Å². The average Bonchev–Trinajstić information content (AvgIpc) is 3.13. The first-order chi connectivity index (χ1) is 11.0. The predicted molar refractivity (Wildman–Crippen MR) is 85.9 cm³/mol. The summed E-state index contributed by atoms with van der Waals surface area (Å²) in [4.78, 5) is 13.8. The first-order valence-electron chi connectivity index (χ1n) is 7.45. The number of hydrogen-bond donors (Lipinski definition) is 1. The highest BCUT2D eigenvalue weighted by Crippen LogP contribution is 2.23. The summed E-state index contributed by atoms with van der Waals surface area (Å²) in [5.74, 6) is 1.45. The van der Waals surface area contributed by atoms with Crippen molar-refractivity contribution in [1.29, 1.82) is 0 Å². The molecule has 0 saturated carbocycles.